The predicted octanol–water partition coefficient (Wildman–Crippen LogP) is 2.54. The number of hydrogen-bond donors (Lipinski definition) is 2. The average Bonchev–Trinajstić information content (AvgIpc) is 3.64. The van der Waals surface area contributed by atoms with Crippen molar-refractivity contribution in [2.45, 2.75) is 32.6 Å². The maximum atomic E-state index is 12.5. The van der Waals surface area contributed by atoms with Crippen LogP contribution in [0.4, 0.5) is 11.6 Å². The summed E-state index contributed by atoms with van der Waals surface area (Å²) in [6.07, 6.45) is 2.80. The number of fused-ring (bicyclic) bond motifs is 1. The highest BCUT2D eigenvalue weighted by Crippen LogP contribution is 2.29. The van der Waals surface area contributed by atoms with E-state index < -0.39 is 0 Å². The smallest absolute Gasteiger partial charge is 0.261 e. The van der Waals surface area contributed by atoms with Crippen molar-refractivity contribution in [2.75, 3.05) is 43.4 Å². The van der Waals surface area contributed by atoms with Gasteiger partial charge in [-0.1, -0.05) is 17.3 Å². The summed E-state index contributed by atoms with van der Waals surface area (Å²) < 4.78 is 0. The van der Waals surface area contributed by atoms with Crippen molar-refractivity contribution in [3.05, 3.63) is 46.5 Å². The largest absolute Gasteiger partial charge is 0.393 e. The van der Waals surface area contributed by atoms with Crippen LogP contribution in [0, 0.1) is 0 Å². The van der Waals surface area contributed by atoms with Crippen LogP contribution in [0.15, 0.2) is 35.5 Å². The number of amides is 3. The van der Waals surface area contributed by atoms with E-state index in [9.17, 15) is 14.4 Å². The van der Waals surface area contributed by atoms with Gasteiger partial charge in [-0.05, 0) is 38.0 Å². The van der Waals surface area contributed by atoms with E-state index in [0.29, 0.717) is 64.5 Å². The average molecular weight is 536 g/mol. The van der Waals surface area contributed by atoms with Crippen molar-refractivity contribution in [3.8, 4) is 0 Å². The van der Waals surface area contributed by atoms with Gasteiger partial charge in [-0.15, -0.1) is 11.3 Å². The quantitative estimate of drug-likeness (QED) is 0.243. The molecule has 38 heavy (non-hydrogen) atoms. The fourth-order valence-electron chi connectivity index (χ4n) is 4.63. The fraction of sp³-hybridized carbons (Fsp3) is 0.385. The SMILES string of the molecule is CCNC(=O)c1cc2c(C(=NOCCN3CCCC3=O)c3ccc(N4CCCC4=O)cc3)nc(N)nc2s1. The van der Waals surface area contributed by atoms with Gasteiger partial charge in [0.2, 0.25) is 17.8 Å². The maximum Gasteiger partial charge on any atom is 0.261 e. The van der Waals surface area contributed by atoms with E-state index in [1.165, 1.54) is 11.3 Å². The summed E-state index contributed by atoms with van der Waals surface area (Å²) in [7, 11) is 0. The van der Waals surface area contributed by atoms with Crippen LogP contribution < -0.4 is 16.0 Å². The lowest BCUT2D eigenvalue weighted by Gasteiger charge is -2.17. The molecule has 0 aliphatic carbocycles. The Hall–Kier alpha value is -4.06. The molecule has 2 fully saturated rings. The Morgan fingerprint density at radius 2 is 1.89 bits per heavy atom. The molecule has 5 rings (SSSR count). The molecule has 0 radical (unpaired) electrons. The molecule has 0 spiro atoms. The van der Waals surface area contributed by atoms with Gasteiger partial charge >= 0.3 is 0 Å². The third kappa shape index (κ3) is 5.30. The minimum atomic E-state index is -0.204. The number of carbonyl (C=O) groups excluding carboxylic acids is 3. The summed E-state index contributed by atoms with van der Waals surface area (Å²) in [5.74, 6) is 0.0651. The number of oxime groups is 1. The number of rotatable bonds is 9. The zero-order valence-electron chi connectivity index (χ0n) is 21.1. The normalized spacial score (nSPS) is 16.1. The number of likely N-dealkylation sites (tertiary alicyclic amines) is 1. The molecule has 0 bridgehead atoms. The van der Waals surface area contributed by atoms with Gasteiger partial charge in [0.1, 0.15) is 22.8 Å². The van der Waals surface area contributed by atoms with Crippen molar-refractivity contribution in [2.24, 2.45) is 5.16 Å². The second-order valence-corrected chi connectivity index (χ2v) is 10.1. The molecular weight excluding hydrogens is 506 g/mol. The van der Waals surface area contributed by atoms with E-state index >= 15 is 0 Å². The first-order chi connectivity index (χ1) is 18.4. The summed E-state index contributed by atoms with van der Waals surface area (Å²) in [6.45, 7) is 4.42. The molecule has 4 heterocycles. The highest BCUT2D eigenvalue weighted by atomic mass is 32.1. The van der Waals surface area contributed by atoms with Gasteiger partial charge in [0.15, 0.2) is 0 Å². The number of thiophene rings is 1. The molecule has 2 aromatic heterocycles. The Morgan fingerprint density at radius 1 is 1.13 bits per heavy atom. The standard InChI is InChI=1S/C26H29N7O4S/c1-2-28-24(36)19-15-18-23(29-26(27)30-25(18)38-19)22(31-37-14-13-32-11-3-5-20(32)34)16-7-9-17(10-8-16)33-12-4-6-21(33)35/h7-10,15H,2-6,11-14H2,1H3,(H,28,36)(H2,27,29,30). The monoisotopic (exact) mass is 535 g/mol. The van der Waals surface area contributed by atoms with E-state index in [1.807, 2.05) is 31.2 Å². The number of nitrogens with two attached hydrogens (primary N) is 1. The number of carbonyl (C=O) groups is 3. The van der Waals surface area contributed by atoms with Crippen LogP contribution >= 0.6 is 11.3 Å². The molecule has 0 saturated carbocycles. The van der Waals surface area contributed by atoms with E-state index in [4.69, 9.17) is 10.6 Å². The van der Waals surface area contributed by atoms with E-state index in [2.05, 4.69) is 20.4 Å². The number of hydrogen-bond acceptors (Lipinski definition) is 9. The van der Waals surface area contributed by atoms with Gasteiger partial charge in [0.25, 0.3) is 5.91 Å². The molecule has 3 aromatic rings. The topological polar surface area (TPSA) is 143 Å². The van der Waals surface area contributed by atoms with Gasteiger partial charge in [0, 0.05) is 49.1 Å². The van der Waals surface area contributed by atoms with Gasteiger partial charge < -0.3 is 25.7 Å². The summed E-state index contributed by atoms with van der Waals surface area (Å²) in [6, 6.07) is 9.18. The van der Waals surface area contributed by atoms with E-state index in [0.717, 1.165) is 25.1 Å². The summed E-state index contributed by atoms with van der Waals surface area (Å²) in [5, 5.41) is 7.86. The molecule has 0 atom stereocenters. The fourth-order valence-corrected chi connectivity index (χ4v) is 5.59. The van der Waals surface area contributed by atoms with E-state index in [-0.39, 0.29) is 30.3 Å². The Kier molecular flexibility index (Phi) is 7.50. The van der Waals surface area contributed by atoms with Gasteiger partial charge in [-0.25, -0.2) is 9.97 Å². The van der Waals surface area contributed by atoms with Crippen molar-refractivity contribution in [3.63, 3.8) is 0 Å². The number of benzene rings is 1. The summed E-state index contributed by atoms with van der Waals surface area (Å²) in [5.41, 5.74) is 8.41. The number of anilines is 2. The van der Waals surface area contributed by atoms with Crippen LogP contribution in [0.2, 0.25) is 0 Å². The maximum absolute atomic E-state index is 12.5. The predicted molar refractivity (Wildman–Crippen MR) is 145 cm³/mol. The minimum absolute atomic E-state index is 0.0476. The zero-order valence-corrected chi connectivity index (χ0v) is 21.9. The highest BCUT2D eigenvalue weighted by molar-refractivity contribution is 7.20. The molecule has 1 aromatic carbocycles. The molecular formula is C26H29N7O4S. The van der Waals surface area contributed by atoms with Crippen LogP contribution in [0.25, 0.3) is 10.2 Å². The van der Waals surface area contributed by atoms with Crippen molar-refractivity contribution in [1.29, 1.82) is 0 Å². The van der Waals surface area contributed by atoms with Gasteiger partial charge in [0.05, 0.1) is 11.4 Å². The number of aromatic nitrogens is 2. The Morgan fingerprint density at radius 3 is 2.58 bits per heavy atom. The Balaban J connectivity index is 1.50. The second-order valence-electron chi connectivity index (χ2n) is 9.07. The van der Waals surface area contributed by atoms with Crippen LogP contribution in [0.1, 0.15) is 53.5 Å². The Labute approximate surface area is 223 Å². The lowest BCUT2D eigenvalue weighted by molar-refractivity contribution is -0.128. The third-order valence-corrected chi connectivity index (χ3v) is 7.53. The number of nitrogen functional groups attached to an aromatic ring is 1. The summed E-state index contributed by atoms with van der Waals surface area (Å²) in [4.78, 5) is 55.7. The molecule has 11 nitrogen and oxygen atoms in total. The second kappa shape index (κ2) is 11.1. The molecule has 198 valence electrons. The first kappa shape index (κ1) is 25.6. The van der Waals surface area contributed by atoms with Crippen molar-refractivity contribution >= 4 is 56.6 Å². The van der Waals surface area contributed by atoms with Gasteiger partial charge in [-0.2, -0.15) is 0 Å². The lowest BCUT2D eigenvalue weighted by atomic mass is 10.0. The van der Waals surface area contributed by atoms with Crippen molar-refractivity contribution < 1.29 is 19.2 Å². The molecule has 2 saturated heterocycles. The minimum Gasteiger partial charge on any atom is -0.393 e. The molecule has 2 aliphatic rings. The first-order valence-corrected chi connectivity index (χ1v) is 13.5. The van der Waals surface area contributed by atoms with Crippen LogP contribution in [-0.4, -0.2) is 71.1 Å². The molecule has 0 unspecified atom stereocenters. The Bertz CT molecular complexity index is 1400. The zero-order chi connectivity index (χ0) is 26.6. The summed E-state index contributed by atoms with van der Waals surface area (Å²) >= 11 is 1.22. The van der Waals surface area contributed by atoms with E-state index in [1.54, 1.807) is 15.9 Å². The highest BCUT2D eigenvalue weighted by Gasteiger charge is 2.24. The van der Waals surface area contributed by atoms with Crippen LogP contribution in [0.5, 0.6) is 0 Å². The molecule has 3 N–H and O–H groups in total. The molecule has 2 aliphatic heterocycles. The van der Waals surface area contributed by atoms with Crippen LogP contribution in [0.3, 0.4) is 0 Å². The lowest BCUT2D eigenvalue weighted by Crippen LogP contribution is -2.28. The van der Waals surface area contributed by atoms with Gasteiger partial charge in [-0.3, -0.25) is 14.4 Å². The number of nitrogens with one attached hydrogen (secondary N) is 1. The first-order valence-electron chi connectivity index (χ1n) is 12.7. The van der Waals surface area contributed by atoms with Crippen LogP contribution in [-0.2, 0) is 14.4 Å². The molecule has 12 heteroatoms. The third-order valence-electron chi connectivity index (χ3n) is 6.50. The van der Waals surface area contributed by atoms with Crippen molar-refractivity contribution in [1.82, 2.24) is 20.2 Å². The number of nitrogens with zero attached hydrogens (tertiary/aromatic N) is 5. The molecule has 3 amide bonds.